The third-order valence-corrected chi connectivity index (χ3v) is 5.73. The van der Waals surface area contributed by atoms with Crippen LogP contribution in [-0.2, 0) is 4.74 Å². The van der Waals surface area contributed by atoms with Crippen LogP contribution < -0.4 is 0 Å². The third kappa shape index (κ3) is 2.08. The predicted octanol–water partition coefficient (Wildman–Crippen LogP) is 2.44. The number of piperidine rings is 3. The van der Waals surface area contributed by atoms with Gasteiger partial charge in [0.2, 0.25) is 0 Å². The van der Waals surface area contributed by atoms with E-state index in [0.29, 0.717) is 17.5 Å². The lowest BCUT2D eigenvalue weighted by atomic mass is 9.75. The largest absolute Gasteiger partial charge is 0.454 e. The Hall–Kier alpha value is -2.27. The standard InChI is InChI=1S/C19H20N2O3/c22-18-10-21-12-5-11(18)6-13(21)8-14(7-12)24-19(23)16-9-20-17-4-2-1-3-15(16)17/h1-4,7,9,11,13-14,18,20,22H,5-6,8,10H2. The highest BCUT2D eigenvalue weighted by atomic mass is 16.5. The summed E-state index contributed by atoms with van der Waals surface area (Å²) < 4.78 is 5.79. The average molecular weight is 324 g/mol. The van der Waals surface area contributed by atoms with E-state index in [1.54, 1.807) is 6.20 Å². The number of fused-ring (bicyclic) bond motifs is 2. The van der Waals surface area contributed by atoms with Crippen molar-refractivity contribution < 1.29 is 14.6 Å². The summed E-state index contributed by atoms with van der Waals surface area (Å²) in [6.45, 7) is 0.726. The monoisotopic (exact) mass is 324 g/mol. The van der Waals surface area contributed by atoms with Gasteiger partial charge in [-0.25, -0.2) is 4.79 Å². The molecule has 4 aliphatic rings. The molecular formula is C19H20N2O3. The maximum Gasteiger partial charge on any atom is 0.340 e. The molecule has 4 unspecified atom stereocenters. The minimum Gasteiger partial charge on any atom is -0.454 e. The number of hydrogen-bond acceptors (Lipinski definition) is 4. The van der Waals surface area contributed by atoms with Crippen LogP contribution in [0, 0.1) is 5.92 Å². The number of rotatable bonds is 2. The molecule has 3 fully saturated rings. The van der Waals surface area contributed by atoms with Crippen molar-refractivity contribution in [3.63, 3.8) is 0 Å². The van der Waals surface area contributed by atoms with E-state index in [9.17, 15) is 9.90 Å². The van der Waals surface area contributed by atoms with E-state index in [1.165, 1.54) is 5.70 Å². The van der Waals surface area contributed by atoms with Crippen molar-refractivity contribution in [1.82, 2.24) is 9.88 Å². The molecule has 124 valence electrons. The number of nitrogens with one attached hydrogen (secondary N) is 1. The molecule has 1 aromatic carbocycles. The van der Waals surface area contributed by atoms with Crippen molar-refractivity contribution in [1.29, 1.82) is 0 Å². The first-order valence-electron chi connectivity index (χ1n) is 8.61. The predicted molar refractivity (Wildman–Crippen MR) is 89.4 cm³/mol. The van der Waals surface area contributed by atoms with Crippen LogP contribution in [0.25, 0.3) is 10.9 Å². The Morgan fingerprint density at radius 1 is 1.29 bits per heavy atom. The maximum absolute atomic E-state index is 12.6. The second kappa shape index (κ2) is 5.11. The minimum absolute atomic E-state index is 0.168. The SMILES string of the molecule is O=C(OC1C=C2CC3CC(C1)N2CC3O)c1c[nH]c2ccccc12. The molecule has 6 rings (SSSR count). The number of aromatic amines is 1. The molecule has 3 saturated heterocycles. The number of nitrogens with zero attached hydrogens (tertiary/aromatic N) is 1. The molecule has 0 aliphatic carbocycles. The fraction of sp³-hybridized carbons (Fsp3) is 0.421. The van der Waals surface area contributed by atoms with E-state index >= 15 is 0 Å². The van der Waals surface area contributed by atoms with Crippen molar-refractivity contribution in [2.75, 3.05) is 6.54 Å². The first kappa shape index (κ1) is 14.1. The lowest BCUT2D eigenvalue weighted by Crippen LogP contribution is -2.57. The van der Waals surface area contributed by atoms with Gasteiger partial charge in [-0.15, -0.1) is 0 Å². The number of H-pyrrole nitrogens is 1. The van der Waals surface area contributed by atoms with Gasteiger partial charge in [0.05, 0.1) is 11.7 Å². The van der Waals surface area contributed by atoms with E-state index in [4.69, 9.17) is 4.74 Å². The van der Waals surface area contributed by atoms with E-state index < -0.39 is 0 Å². The summed E-state index contributed by atoms with van der Waals surface area (Å²) in [4.78, 5) is 18.0. The molecule has 0 spiro atoms. The third-order valence-electron chi connectivity index (χ3n) is 5.73. The quantitative estimate of drug-likeness (QED) is 0.833. The number of ether oxygens (including phenoxy) is 1. The fourth-order valence-corrected chi connectivity index (χ4v) is 4.55. The second-order valence-electron chi connectivity index (χ2n) is 7.16. The summed E-state index contributed by atoms with van der Waals surface area (Å²) in [6, 6.07) is 8.15. The van der Waals surface area contributed by atoms with Crippen molar-refractivity contribution >= 4 is 16.9 Å². The number of aliphatic hydroxyl groups excluding tert-OH is 1. The number of allylic oxidation sites excluding steroid dienone is 1. The van der Waals surface area contributed by atoms with Gasteiger partial charge in [0, 0.05) is 41.8 Å². The van der Waals surface area contributed by atoms with Gasteiger partial charge < -0.3 is 19.7 Å². The van der Waals surface area contributed by atoms with E-state index in [-0.39, 0.29) is 18.2 Å². The summed E-state index contributed by atoms with van der Waals surface area (Å²) in [5, 5.41) is 10.9. The summed E-state index contributed by atoms with van der Waals surface area (Å²) in [7, 11) is 0. The molecule has 4 bridgehead atoms. The lowest BCUT2D eigenvalue weighted by Gasteiger charge is -2.53. The normalized spacial score (nSPS) is 31.2. The molecular weight excluding hydrogens is 304 g/mol. The molecule has 0 radical (unpaired) electrons. The molecule has 5 heterocycles. The Morgan fingerprint density at radius 3 is 3.00 bits per heavy atom. The van der Waals surface area contributed by atoms with Gasteiger partial charge in [-0.3, -0.25) is 0 Å². The number of carbonyl (C=O) groups is 1. The minimum atomic E-state index is -0.269. The zero-order valence-corrected chi connectivity index (χ0v) is 13.3. The van der Waals surface area contributed by atoms with Crippen LogP contribution in [0.4, 0.5) is 0 Å². The van der Waals surface area contributed by atoms with Gasteiger partial charge in [-0.05, 0) is 30.9 Å². The summed E-state index contributed by atoms with van der Waals surface area (Å²) in [6.07, 6.45) is 6.16. The van der Waals surface area contributed by atoms with Gasteiger partial charge in [-0.1, -0.05) is 18.2 Å². The molecule has 2 N–H and O–H groups in total. The van der Waals surface area contributed by atoms with Gasteiger partial charge in [0.15, 0.2) is 0 Å². The van der Waals surface area contributed by atoms with Gasteiger partial charge in [0.25, 0.3) is 0 Å². The van der Waals surface area contributed by atoms with Crippen molar-refractivity contribution in [3.8, 4) is 0 Å². The maximum atomic E-state index is 12.6. The Bertz CT molecular complexity index is 840. The molecule has 5 nitrogen and oxygen atoms in total. The van der Waals surface area contributed by atoms with Crippen LogP contribution in [0.15, 0.2) is 42.2 Å². The molecule has 1 aromatic heterocycles. The highest BCUT2D eigenvalue weighted by Crippen LogP contribution is 2.43. The van der Waals surface area contributed by atoms with Crippen LogP contribution in [0.3, 0.4) is 0 Å². The summed E-state index contributed by atoms with van der Waals surface area (Å²) in [5.74, 6) is 0.103. The van der Waals surface area contributed by atoms with Gasteiger partial charge >= 0.3 is 5.97 Å². The number of aromatic nitrogens is 1. The van der Waals surface area contributed by atoms with Crippen molar-refractivity contribution in [2.45, 2.75) is 37.5 Å². The number of esters is 1. The van der Waals surface area contributed by atoms with Gasteiger partial charge in [-0.2, -0.15) is 0 Å². The van der Waals surface area contributed by atoms with E-state index in [2.05, 4.69) is 16.0 Å². The molecule has 2 aromatic rings. The Balaban J connectivity index is 1.37. The van der Waals surface area contributed by atoms with E-state index in [1.807, 2.05) is 24.3 Å². The zero-order valence-electron chi connectivity index (χ0n) is 13.3. The summed E-state index contributed by atoms with van der Waals surface area (Å²) >= 11 is 0. The average Bonchev–Trinajstić information content (AvgIpc) is 2.99. The Kier molecular flexibility index (Phi) is 3.00. The molecule has 4 aliphatic heterocycles. The number of para-hydroxylation sites is 1. The molecule has 24 heavy (non-hydrogen) atoms. The first-order valence-corrected chi connectivity index (χ1v) is 8.61. The number of aliphatic hydroxyl groups is 1. The molecule has 0 amide bonds. The van der Waals surface area contributed by atoms with Crippen LogP contribution in [0.5, 0.6) is 0 Å². The summed E-state index contributed by atoms with van der Waals surface area (Å²) in [5.41, 5.74) is 2.78. The van der Waals surface area contributed by atoms with Gasteiger partial charge in [0.1, 0.15) is 6.10 Å². The van der Waals surface area contributed by atoms with E-state index in [0.717, 1.165) is 36.7 Å². The lowest BCUT2D eigenvalue weighted by molar-refractivity contribution is -0.0511. The molecule has 4 atom stereocenters. The topological polar surface area (TPSA) is 65.6 Å². The Labute approximate surface area is 139 Å². The highest BCUT2D eigenvalue weighted by molar-refractivity contribution is 6.04. The van der Waals surface area contributed by atoms with Crippen LogP contribution >= 0.6 is 0 Å². The fourth-order valence-electron chi connectivity index (χ4n) is 4.55. The van der Waals surface area contributed by atoms with Crippen molar-refractivity contribution in [3.05, 3.63) is 47.8 Å². The zero-order chi connectivity index (χ0) is 16.3. The number of hydrogen-bond donors (Lipinski definition) is 2. The van der Waals surface area contributed by atoms with Crippen LogP contribution in [0.1, 0.15) is 29.6 Å². The smallest absolute Gasteiger partial charge is 0.340 e. The van der Waals surface area contributed by atoms with Crippen LogP contribution in [0.2, 0.25) is 0 Å². The van der Waals surface area contributed by atoms with Crippen molar-refractivity contribution in [2.24, 2.45) is 5.92 Å². The van der Waals surface area contributed by atoms with Crippen LogP contribution in [-0.4, -0.2) is 45.8 Å². The first-order chi connectivity index (χ1) is 11.7. The Morgan fingerprint density at radius 2 is 2.17 bits per heavy atom. The second-order valence-corrected chi connectivity index (χ2v) is 7.16. The molecule has 0 saturated carbocycles. The number of carbonyl (C=O) groups excluding carboxylic acids is 1. The highest BCUT2D eigenvalue weighted by Gasteiger charge is 2.45. The number of benzene rings is 1. The molecule has 5 heteroatoms.